The number of fused-ring (bicyclic) bond motifs is 1. The van der Waals surface area contributed by atoms with Crippen LogP contribution in [0.4, 0.5) is 4.39 Å². The first-order valence-electron chi connectivity index (χ1n) is 3.77. The van der Waals surface area contributed by atoms with Gasteiger partial charge in [0.2, 0.25) is 0 Å². The molecule has 0 bridgehead atoms. The van der Waals surface area contributed by atoms with Gasteiger partial charge >= 0.3 is 0 Å². The third-order valence-electron chi connectivity index (χ3n) is 2.13. The fourth-order valence-electron chi connectivity index (χ4n) is 1.34. The van der Waals surface area contributed by atoms with Crippen molar-refractivity contribution >= 4 is 10.9 Å². The molecule has 0 aliphatic rings. The second-order valence-electron chi connectivity index (χ2n) is 2.87. The average molecular weight is 164 g/mol. The molecule has 0 atom stereocenters. The topological polar surface area (TPSA) is 17.8 Å². The van der Waals surface area contributed by atoms with Crippen molar-refractivity contribution in [2.45, 2.75) is 6.92 Å². The predicted octanol–water partition coefficient (Wildman–Crippen LogP) is 2.02. The van der Waals surface area contributed by atoms with Gasteiger partial charge in [0.25, 0.3) is 0 Å². The molecule has 3 heteroatoms. The summed E-state index contributed by atoms with van der Waals surface area (Å²) >= 11 is 0. The molecule has 2 aromatic rings. The van der Waals surface area contributed by atoms with Crippen molar-refractivity contribution in [3.8, 4) is 0 Å². The van der Waals surface area contributed by atoms with Crippen molar-refractivity contribution in [3.63, 3.8) is 0 Å². The lowest BCUT2D eigenvalue weighted by Gasteiger charge is -1.97. The molecule has 0 spiro atoms. The maximum absolute atomic E-state index is 13.0. The minimum Gasteiger partial charge on any atom is -0.268 e. The summed E-state index contributed by atoms with van der Waals surface area (Å²) < 4.78 is 14.8. The van der Waals surface area contributed by atoms with Gasteiger partial charge in [-0.3, -0.25) is 4.68 Å². The second kappa shape index (κ2) is 2.30. The number of benzene rings is 1. The van der Waals surface area contributed by atoms with Crippen molar-refractivity contribution in [1.82, 2.24) is 9.78 Å². The normalized spacial score (nSPS) is 10.9. The number of nitrogens with zero attached hydrogens (tertiary/aromatic N) is 2. The third-order valence-corrected chi connectivity index (χ3v) is 2.13. The molecule has 1 heterocycles. The molecule has 0 aliphatic carbocycles. The number of aryl methyl sites for hydroxylation is 2. The van der Waals surface area contributed by atoms with Gasteiger partial charge in [-0.1, -0.05) is 0 Å². The molecule has 0 amide bonds. The molecule has 0 aliphatic heterocycles. The molecule has 1 aromatic carbocycles. The molecule has 12 heavy (non-hydrogen) atoms. The van der Waals surface area contributed by atoms with Crippen molar-refractivity contribution in [1.29, 1.82) is 0 Å². The Labute approximate surface area is 69.6 Å². The minimum atomic E-state index is -0.171. The zero-order valence-electron chi connectivity index (χ0n) is 7.00. The second-order valence-corrected chi connectivity index (χ2v) is 2.87. The van der Waals surface area contributed by atoms with Crippen LogP contribution < -0.4 is 0 Å². The van der Waals surface area contributed by atoms with E-state index in [1.165, 1.54) is 6.07 Å². The molecule has 62 valence electrons. The molecule has 0 radical (unpaired) electrons. The lowest BCUT2D eigenvalue weighted by Crippen LogP contribution is -1.89. The van der Waals surface area contributed by atoms with Gasteiger partial charge < -0.3 is 0 Å². The van der Waals surface area contributed by atoms with Gasteiger partial charge in [0.15, 0.2) is 0 Å². The molecular weight excluding hydrogens is 155 g/mol. The van der Waals surface area contributed by atoms with E-state index in [0.717, 1.165) is 10.9 Å². The summed E-state index contributed by atoms with van der Waals surface area (Å²) in [6, 6.07) is 3.21. The Hall–Kier alpha value is -1.38. The van der Waals surface area contributed by atoms with E-state index in [-0.39, 0.29) is 5.82 Å². The number of rotatable bonds is 0. The maximum atomic E-state index is 13.0. The van der Waals surface area contributed by atoms with E-state index < -0.39 is 0 Å². The van der Waals surface area contributed by atoms with E-state index in [0.29, 0.717) is 5.56 Å². The molecule has 0 saturated carbocycles. The number of halogens is 1. The number of aromatic nitrogens is 2. The first-order chi connectivity index (χ1) is 5.70. The Morgan fingerprint density at radius 2 is 2.17 bits per heavy atom. The van der Waals surface area contributed by atoms with Crippen LogP contribution in [0.3, 0.4) is 0 Å². The molecule has 0 N–H and O–H groups in total. The highest BCUT2D eigenvalue weighted by molar-refractivity contribution is 5.82. The fourth-order valence-corrected chi connectivity index (χ4v) is 1.34. The smallest absolute Gasteiger partial charge is 0.126 e. The highest BCUT2D eigenvalue weighted by Gasteiger charge is 2.05. The number of hydrogen-bond acceptors (Lipinski definition) is 1. The van der Waals surface area contributed by atoms with Crippen molar-refractivity contribution in [2.24, 2.45) is 7.05 Å². The average Bonchev–Trinajstić information content (AvgIpc) is 2.41. The molecule has 0 saturated heterocycles. The number of hydrogen-bond donors (Lipinski definition) is 0. The van der Waals surface area contributed by atoms with E-state index in [1.807, 2.05) is 7.05 Å². The van der Waals surface area contributed by atoms with Crippen molar-refractivity contribution in [3.05, 3.63) is 29.7 Å². The summed E-state index contributed by atoms with van der Waals surface area (Å²) in [6.45, 7) is 1.76. The van der Waals surface area contributed by atoms with Crippen LogP contribution >= 0.6 is 0 Å². The summed E-state index contributed by atoms with van der Waals surface area (Å²) in [7, 11) is 1.85. The van der Waals surface area contributed by atoms with Gasteiger partial charge in [-0.05, 0) is 24.6 Å². The monoisotopic (exact) mass is 164 g/mol. The van der Waals surface area contributed by atoms with Crippen LogP contribution in [0.1, 0.15) is 5.56 Å². The van der Waals surface area contributed by atoms with Crippen LogP contribution in [0, 0.1) is 12.7 Å². The Morgan fingerprint density at radius 1 is 1.42 bits per heavy atom. The summed E-state index contributed by atoms with van der Waals surface area (Å²) in [4.78, 5) is 0. The van der Waals surface area contributed by atoms with Crippen LogP contribution in [0.25, 0.3) is 10.9 Å². The fraction of sp³-hybridized carbons (Fsp3) is 0.222. The Morgan fingerprint density at radius 3 is 2.92 bits per heavy atom. The Bertz CT molecular complexity index is 431. The molecule has 0 unspecified atom stereocenters. The van der Waals surface area contributed by atoms with Crippen molar-refractivity contribution in [2.75, 3.05) is 0 Å². The highest BCUT2D eigenvalue weighted by Crippen LogP contribution is 2.19. The maximum Gasteiger partial charge on any atom is 0.126 e. The third kappa shape index (κ3) is 0.826. The molecule has 0 fully saturated rings. The quantitative estimate of drug-likeness (QED) is 0.582. The van der Waals surface area contributed by atoms with Crippen LogP contribution in [0.2, 0.25) is 0 Å². The van der Waals surface area contributed by atoms with E-state index >= 15 is 0 Å². The van der Waals surface area contributed by atoms with Crippen LogP contribution in [-0.2, 0) is 7.05 Å². The summed E-state index contributed by atoms with van der Waals surface area (Å²) in [5.74, 6) is -0.171. The summed E-state index contributed by atoms with van der Waals surface area (Å²) in [5, 5.41) is 4.93. The van der Waals surface area contributed by atoms with Crippen LogP contribution in [0.5, 0.6) is 0 Å². The van der Waals surface area contributed by atoms with E-state index in [1.54, 1.807) is 23.9 Å². The standard InChI is InChI=1S/C9H9FN2/c1-6-7-5-11-12(2)9(7)4-3-8(6)10/h3-5H,1-2H3. The van der Waals surface area contributed by atoms with Gasteiger partial charge in [0, 0.05) is 12.4 Å². The van der Waals surface area contributed by atoms with E-state index in [4.69, 9.17) is 0 Å². The minimum absolute atomic E-state index is 0.171. The van der Waals surface area contributed by atoms with Gasteiger partial charge in [-0.15, -0.1) is 0 Å². The summed E-state index contributed by atoms with van der Waals surface area (Å²) in [6.07, 6.45) is 1.69. The first-order valence-corrected chi connectivity index (χ1v) is 3.77. The lowest BCUT2D eigenvalue weighted by atomic mass is 10.1. The van der Waals surface area contributed by atoms with Gasteiger partial charge in [-0.25, -0.2) is 4.39 Å². The highest BCUT2D eigenvalue weighted by atomic mass is 19.1. The first kappa shape index (κ1) is 7.28. The van der Waals surface area contributed by atoms with Gasteiger partial charge in [0.05, 0.1) is 11.7 Å². The van der Waals surface area contributed by atoms with Crippen molar-refractivity contribution < 1.29 is 4.39 Å². The van der Waals surface area contributed by atoms with E-state index in [2.05, 4.69) is 5.10 Å². The zero-order chi connectivity index (χ0) is 8.72. The SMILES string of the molecule is Cc1c(F)ccc2c1cnn2C. The largest absolute Gasteiger partial charge is 0.268 e. The van der Waals surface area contributed by atoms with Gasteiger partial charge in [-0.2, -0.15) is 5.10 Å². The molecule has 1 aromatic heterocycles. The molecule has 2 rings (SSSR count). The Balaban J connectivity index is 2.93. The van der Waals surface area contributed by atoms with Crippen LogP contribution in [-0.4, -0.2) is 9.78 Å². The van der Waals surface area contributed by atoms with Crippen LogP contribution in [0.15, 0.2) is 18.3 Å². The Kier molecular flexibility index (Phi) is 1.40. The zero-order valence-corrected chi connectivity index (χ0v) is 7.00. The predicted molar refractivity (Wildman–Crippen MR) is 45.4 cm³/mol. The molecular formula is C9H9FN2. The summed E-state index contributed by atoms with van der Waals surface area (Å²) in [5.41, 5.74) is 1.63. The van der Waals surface area contributed by atoms with E-state index in [9.17, 15) is 4.39 Å². The lowest BCUT2D eigenvalue weighted by molar-refractivity contribution is 0.621. The molecule has 2 nitrogen and oxygen atoms in total. The van der Waals surface area contributed by atoms with Gasteiger partial charge in [0.1, 0.15) is 5.82 Å².